The normalized spacial score (nSPS) is 12.2. The Hall–Kier alpha value is -0.710. The van der Waals surface area contributed by atoms with Gasteiger partial charge in [-0.05, 0) is 12.2 Å². The zero-order chi connectivity index (χ0) is 8.85. The second-order valence-electron chi connectivity index (χ2n) is 2.08. The fourth-order valence-corrected chi connectivity index (χ4v) is 0.882. The number of carbonyl (C=O) groups is 2. The average molecular weight is 176 g/mol. The number of hydrogen-bond acceptors (Lipinski definition) is 4. The van der Waals surface area contributed by atoms with E-state index in [1.54, 1.807) is 0 Å². The summed E-state index contributed by atoms with van der Waals surface area (Å²) in [5.41, 5.74) is 0. The number of hydrogen-bond donors (Lipinski definition) is 2. The third-order valence-electron chi connectivity index (χ3n) is 1.08. The van der Waals surface area contributed by atoms with Crippen molar-refractivity contribution in [1.82, 2.24) is 5.32 Å². The highest BCUT2D eigenvalue weighted by molar-refractivity contribution is 7.80. The molecule has 0 bridgehead atoms. The molecule has 0 fully saturated rings. The summed E-state index contributed by atoms with van der Waals surface area (Å²) in [4.78, 5) is 20.7. The number of thiol groups is 1. The quantitative estimate of drug-likeness (QED) is 0.515. The van der Waals surface area contributed by atoms with Crippen LogP contribution in [-0.2, 0) is 9.59 Å². The predicted octanol–water partition coefficient (Wildman–Crippen LogP) is -1.44. The maximum Gasteiger partial charge on any atom is 0.217 e. The van der Waals surface area contributed by atoms with Crippen molar-refractivity contribution in [3.8, 4) is 0 Å². The third kappa shape index (κ3) is 4.66. The lowest BCUT2D eigenvalue weighted by atomic mass is 10.2. The molecule has 0 aliphatic rings. The monoisotopic (exact) mass is 176 g/mol. The van der Waals surface area contributed by atoms with E-state index in [9.17, 15) is 14.7 Å². The van der Waals surface area contributed by atoms with Crippen LogP contribution in [0.1, 0.15) is 13.3 Å². The summed E-state index contributed by atoms with van der Waals surface area (Å²) in [5, 5.41) is 12.5. The van der Waals surface area contributed by atoms with E-state index in [1.807, 2.05) is 0 Å². The van der Waals surface area contributed by atoms with E-state index in [2.05, 4.69) is 17.9 Å². The topological polar surface area (TPSA) is 69.2 Å². The van der Waals surface area contributed by atoms with Gasteiger partial charge in [-0.25, -0.2) is 0 Å². The minimum Gasteiger partial charge on any atom is -0.548 e. The van der Waals surface area contributed by atoms with Crippen LogP contribution in [0.25, 0.3) is 0 Å². The van der Waals surface area contributed by atoms with E-state index in [1.165, 1.54) is 6.92 Å². The largest absolute Gasteiger partial charge is 0.548 e. The van der Waals surface area contributed by atoms with E-state index < -0.39 is 12.0 Å². The van der Waals surface area contributed by atoms with Crippen LogP contribution in [-0.4, -0.2) is 23.7 Å². The van der Waals surface area contributed by atoms with Gasteiger partial charge in [0.1, 0.15) is 0 Å². The van der Waals surface area contributed by atoms with Crippen LogP contribution in [0, 0.1) is 0 Å². The van der Waals surface area contributed by atoms with Crippen LogP contribution in [0.3, 0.4) is 0 Å². The summed E-state index contributed by atoms with van der Waals surface area (Å²) in [7, 11) is 0. The van der Waals surface area contributed by atoms with Crippen LogP contribution in [0.5, 0.6) is 0 Å². The van der Waals surface area contributed by atoms with Gasteiger partial charge < -0.3 is 15.2 Å². The Morgan fingerprint density at radius 2 is 2.18 bits per heavy atom. The molecular formula is C6H10NO3S-. The minimum atomic E-state index is -1.27. The molecule has 5 heteroatoms. The van der Waals surface area contributed by atoms with Gasteiger partial charge in [-0.2, -0.15) is 12.6 Å². The van der Waals surface area contributed by atoms with Gasteiger partial charge in [0.25, 0.3) is 0 Å². The molecule has 0 radical (unpaired) electrons. The Kier molecular flexibility index (Phi) is 4.69. The van der Waals surface area contributed by atoms with Gasteiger partial charge in [-0.1, -0.05) is 0 Å². The fraction of sp³-hybridized carbons (Fsp3) is 0.667. The number of carboxylic acids is 1. The maximum absolute atomic E-state index is 10.4. The Morgan fingerprint density at radius 1 is 1.64 bits per heavy atom. The molecule has 0 aliphatic heterocycles. The minimum absolute atomic E-state index is 0.283. The summed E-state index contributed by atoms with van der Waals surface area (Å²) in [6.45, 7) is 1.26. The first-order valence-corrected chi connectivity index (χ1v) is 3.80. The Bertz CT molecular complexity index is 160. The SMILES string of the molecule is CC(=O)N[C@@H](CCS)C(=O)[O-]. The first-order valence-electron chi connectivity index (χ1n) is 3.16. The van der Waals surface area contributed by atoms with Crippen molar-refractivity contribution in [3.05, 3.63) is 0 Å². The zero-order valence-electron chi connectivity index (χ0n) is 6.16. The van der Waals surface area contributed by atoms with Crippen molar-refractivity contribution in [2.75, 3.05) is 5.75 Å². The smallest absolute Gasteiger partial charge is 0.217 e. The standard InChI is InChI=1S/C6H11NO3S/c1-4(8)7-5(2-3-11)6(9)10/h5,11H,2-3H2,1H3,(H,7,8)(H,9,10)/p-1/t5-/m0/s1. The molecule has 0 spiro atoms. The van der Waals surface area contributed by atoms with Crippen molar-refractivity contribution in [2.24, 2.45) is 0 Å². The van der Waals surface area contributed by atoms with Crippen molar-refractivity contribution in [1.29, 1.82) is 0 Å². The number of rotatable bonds is 4. The molecule has 64 valence electrons. The highest BCUT2D eigenvalue weighted by atomic mass is 32.1. The molecule has 0 unspecified atom stereocenters. The van der Waals surface area contributed by atoms with Gasteiger partial charge >= 0.3 is 0 Å². The van der Waals surface area contributed by atoms with Gasteiger partial charge in [0.05, 0.1) is 12.0 Å². The molecule has 0 rings (SSSR count). The van der Waals surface area contributed by atoms with Crippen LogP contribution < -0.4 is 10.4 Å². The summed E-state index contributed by atoms with van der Waals surface area (Å²) in [5.74, 6) is -1.24. The summed E-state index contributed by atoms with van der Waals surface area (Å²) in [6, 6.07) is -0.912. The lowest BCUT2D eigenvalue weighted by molar-refractivity contribution is -0.308. The van der Waals surface area contributed by atoms with Crippen LogP contribution in [0.2, 0.25) is 0 Å². The second-order valence-corrected chi connectivity index (χ2v) is 2.53. The van der Waals surface area contributed by atoms with Gasteiger partial charge in [0.15, 0.2) is 0 Å². The van der Waals surface area contributed by atoms with Gasteiger partial charge in [-0.3, -0.25) is 4.79 Å². The summed E-state index contributed by atoms with van der Waals surface area (Å²) < 4.78 is 0. The molecule has 0 aromatic heterocycles. The lowest BCUT2D eigenvalue weighted by Crippen LogP contribution is -2.47. The molecular weight excluding hydrogens is 166 g/mol. The highest BCUT2D eigenvalue weighted by Gasteiger charge is 2.08. The highest BCUT2D eigenvalue weighted by Crippen LogP contribution is 1.92. The van der Waals surface area contributed by atoms with Crippen molar-refractivity contribution < 1.29 is 14.7 Å². The summed E-state index contributed by atoms with van der Waals surface area (Å²) >= 11 is 3.83. The lowest BCUT2D eigenvalue weighted by Gasteiger charge is -2.17. The van der Waals surface area contributed by atoms with E-state index in [4.69, 9.17) is 0 Å². The van der Waals surface area contributed by atoms with E-state index in [-0.39, 0.29) is 12.3 Å². The molecule has 1 atom stereocenters. The molecule has 1 amide bonds. The molecule has 0 saturated carbocycles. The summed E-state index contributed by atoms with van der Waals surface area (Å²) in [6.07, 6.45) is 0.283. The molecule has 11 heavy (non-hydrogen) atoms. The van der Waals surface area contributed by atoms with Gasteiger partial charge in [0.2, 0.25) is 5.91 Å². The number of amides is 1. The molecule has 1 N–H and O–H groups in total. The Morgan fingerprint density at radius 3 is 2.45 bits per heavy atom. The third-order valence-corrected chi connectivity index (χ3v) is 1.34. The van der Waals surface area contributed by atoms with Crippen LogP contribution in [0.4, 0.5) is 0 Å². The molecule has 4 nitrogen and oxygen atoms in total. The van der Waals surface area contributed by atoms with Crippen molar-refractivity contribution in [2.45, 2.75) is 19.4 Å². The van der Waals surface area contributed by atoms with Crippen molar-refractivity contribution >= 4 is 24.5 Å². The second kappa shape index (κ2) is 5.01. The Labute approximate surface area is 70.4 Å². The number of carbonyl (C=O) groups excluding carboxylic acids is 2. The number of aliphatic carboxylic acids is 1. The molecule has 0 heterocycles. The van der Waals surface area contributed by atoms with E-state index >= 15 is 0 Å². The maximum atomic E-state index is 10.4. The van der Waals surface area contributed by atoms with Crippen LogP contribution >= 0.6 is 12.6 Å². The number of carboxylic acid groups (broad SMARTS) is 1. The predicted molar refractivity (Wildman–Crippen MR) is 41.1 cm³/mol. The van der Waals surface area contributed by atoms with Crippen molar-refractivity contribution in [3.63, 3.8) is 0 Å². The molecule has 0 saturated heterocycles. The molecule has 0 aliphatic carbocycles. The first-order chi connectivity index (χ1) is 5.07. The zero-order valence-corrected chi connectivity index (χ0v) is 7.06. The molecule has 0 aromatic rings. The van der Waals surface area contributed by atoms with E-state index in [0.717, 1.165) is 0 Å². The first kappa shape index (κ1) is 10.3. The fourth-order valence-electron chi connectivity index (χ4n) is 0.623. The van der Waals surface area contributed by atoms with E-state index in [0.29, 0.717) is 5.75 Å². The van der Waals surface area contributed by atoms with Gasteiger partial charge in [0, 0.05) is 6.92 Å². The molecule has 0 aromatic carbocycles. The average Bonchev–Trinajstić information content (AvgIpc) is 1.86. The number of nitrogens with one attached hydrogen (secondary N) is 1. The Balaban J connectivity index is 3.89. The van der Waals surface area contributed by atoms with Gasteiger partial charge in [-0.15, -0.1) is 0 Å². The van der Waals surface area contributed by atoms with Crippen LogP contribution in [0.15, 0.2) is 0 Å².